The van der Waals surface area contributed by atoms with Crippen LogP contribution in [0.5, 0.6) is 0 Å². The number of fused-ring (bicyclic) bond motifs is 1. The lowest BCUT2D eigenvalue weighted by atomic mass is 10.1. The molecule has 1 aliphatic heterocycles. The Morgan fingerprint density at radius 3 is 2.43 bits per heavy atom. The minimum Gasteiger partial charge on any atom is -0.355 e. The standard InChI is InChI=1S/C22H25ClN4O2S/c1-26(2)18-10-13-27(14-11-18)30(28,29)19-6-4-17(5-7-19)25-21-9-12-24-22-15-16(23)3-8-20(21)22/h3-9,12,15,18H,10-11,13-14H2,1-2H3,(H,24,25). The average molecular weight is 445 g/mol. The van der Waals surface area contributed by atoms with Gasteiger partial charge in [-0.2, -0.15) is 4.31 Å². The van der Waals surface area contributed by atoms with Crippen molar-refractivity contribution < 1.29 is 8.42 Å². The predicted molar refractivity (Wildman–Crippen MR) is 122 cm³/mol. The third-order valence-electron chi connectivity index (χ3n) is 5.63. The van der Waals surface area contributed by atoms with Gasteiger partial charge in [0.25, 0.3) is 0 Å². The second-order valence-corrected chi connectivity index (χ2v) is 10.1. The molecule has 8 heteroatoms. The molecule has 2 heterocycles. The molecule has 1 fully saturated rings. The zero-order chi connectivity index (χ0) is 21.3. The van der Waals surface area contributed by atoms with Crippen LogP contribution in [0.2, 0.25) is 5.02 Å². The first kappa shape index (κ1) is 21.1. The highest BCUT2D eigenvalue weighted by molar-refractivity contribution is 7.89. The van der Waals surface area contributed by atoms with Gasteiger partial charge >= 0.3 is 0 Å². The van der Waals surface area contributed by atoms with Crippen LogP contribution in [0.25, 0.3) is 10.9 Å². The summed E-state index contributed by atoms with van der Waals surface area (Å²) in [7, 11) is 0.608. The fraction of sp³-hybridized carbons (Fsp3) is 0.318. The number of nitrogens with zero attached hydrogens (tertiary/aromatic N) is 3. The van der Waals surface area contributed by atoms with Crippen molar-refractivity contribution in [2.24, 2.45) is 0 Å². The number of rotatable bonds is 5. The first-order chi connectivity index (χ1) is 14.3. The quantitative estimate of drug-likeness (QED) is 0.633. The molecule has 0 aliphatic carbocycles. The molecule has 0 radical (unpaired) electrons. The molecule has 0 bridgehead atoms. The Balaban J connectivity index is 1.51. The zero-order valence-electron chi connectivity index (χ0n) is 17.0. The van der Waals surface area contributed by atoms with Crippen molar-refractivity contribution in [3.63, 3.8) is 0 Å². The number of piperidine rings is 1. The molecule has 1 N–H and O–H groups in total. The Kier molecular flexibility index (Phi) is 5.97. The summed E-state index contributed by atoms with van der Waals surface area (Å²) in [6.07, 6.45) is 3.42. The SMILES string of the molecule is CN(C)C1CCN(S(=O)(=O)c2ccc(Nc3ccnc4cc(Cl)ccc34)cc2)CC1. The molecule has 0 atom stereocenters. The number of halogens is 1. The van der Waals surface area contributed by atoms with Crippen LogP contribution in [-0.2, 0) is 10.0 Å². The van der Waals surface area contributed by atoms with E-state index in [-0.39, 0.29) is 0 Å². The van der Waals surface area contributed by atoms with E-state index < -0.39 is 10.0 Å². The van der Waals surface area contributed by atoms with Crippen LogP contribution in [0.3, 0.4) is 0 Å². The van der Waals surface area contributed by atoms with Gasteiger partial charge in [0.15, 0.2) is 0 Å². The van der Waals surface area contributed by atoms with Crippen molar-refractivity contribution in [1.29, 1.82) is 0 Å². The van der Waals surface area contributed by atoms with E-state index in [4.69, 9.17) is 11.6 Å². The summed E-state index contributed by atoms with van der Waals surface area (Å²) >= 11 is 6.06. The van der Waals surface area contributed by atoms with Gasteiger partial charge < -0.3 is 10.2 Å². The third kappa shape index (κ3) is 4.30. The van der Waals surface area contributed by atoms with Crippen molar-refractivity contribution in [1.82, 2.24) is 14.2 Å². The van der Waals surface area contributed by atoms with Crippen LogP contribution in [0.1, 0.15) is 12.8 Å². The summed E-state index contributed by atoms with van der Waals surface area (Å²) in [6.45, 7) is 1.10. The van der Waals surface area contributed by atoms with Crippen LogP contribution in [0, 0.1) is 0 Å². The van der Waals surface area contributed by atoms with E-state index in [1.807, 2.05) is 38.4 Å². The summed E-state index contributed by atoms with van der Waals surface area (Å²) in [4.78, 5) is 6.84. The maximum absolute atomic E-state index is 13.0. The van der Waals surface area contributed by atoms with Crippen molar-refractivity contribution in [2.45, 2.75) is 23.8 Å². The van der Waals surface area contributed by atoms with Gasteiger partial charge in [-0.25, -0.2) is 8.42 Å². The van der Waals surface area contributed by atoms with Gasteiger partial charge in [-0.05, 0) is 75.5 Å². The Labute approximate surface area is 182 Å². The van der Waals surface area contributed by atoms with Crippen LogP contribution < -0.4 is 5.32 Å². The van der Waals surface area contributed by atoms with E-state index in [2.05, 4.69) is 15.2 Å². The van der Waals surface area contributed by atoms with Crippen LogP contribution in [-0.4, -0.2) is 55.8 Å². The first-order valence-electron chi connectivity index (χ1n) is 9.92. The molecule has 3 aromatic rings. The molecule has 0 unspecified atom stereocenters. The molecule has 2 aromatic carbocycles. The fourth-order valence-corrected chi connectivity index (χ4v) is 5.48. The van der Waals surface area contributed by atoms with Crippen molar-refractivity contribution in [2.75, 3.05) is 32.5 Å². The van der Waals surface area contributed by atoms with Crippen molar-refractivity contribution in [3.8, 4) is 0 Å². The molecular weight excluding hydrogens is 420 g/mol. The van der Waals surface area contributed by atoms with E-state index in [1.165, 1.54) is 0 Å². The lowest BCUT2D eigenvalue weighted by molar-refractivity contribution is 0.196. The minimum absolute atomic E-state index is 0.322. The molecule has 1 aromatic heterocycles. The van der Waals surface area contributed by atoms with E-state index in [9.17, 15) is 8.42 Å². The number of pyridine rings is 1. The molecule has 158 valence electrons. The van der Waals surface area contributed by atoms with Crippen LogP contribution in [0.15, 0.2) is 59.6 Å². The minimum atomic E-state index is -3.48. The van der Waals surface area contributed by atoms with Crippen molar-refractivity contribution in [3.05, 3.63) is 59.8 Å². The number of aromatic nitrogens is 1. The lowest BCUT2D eigenvalue weighted by Crippen LogP contribution is -2.44. The Morgan fingerprint density at radius 2 is 1.77 bits per heavy atom. The number of benzene rings is 2. The maximum Gasteiger partial charge on any atom is 0.243 e. The fourth-order valence-electron chi connectivity index (χ4n) is 3.84. The van der Waals surface area contributed by atoms with Crippen LogP contribution in [0.4, 0.5) is 11.4 Å². The van der Waals surface area contributed by atoms with Gasteiger partial charge in [0, 0.05) is 47.1 Å². The topological polar surface area (TPSA) is 65.5 Å². The van der Waals surface area contributed by atoms with Crippen LogP contribution >= 0.6 is 11.6 Å². The third-order valence-corrected chi connectivity index (χ3v) is 7.78. The molecule has 0 amide bonds. The van der Waals surface area contributed by atoms with Gasteiger partial charge in [0.1, 0.15) is 0 Å². The Hall–Kier alpha value is -2.19. The summed E-state index contributed by atoms with van der Waals surface area (Å²) in [5, 5.41) is 4.93. The van der Waals surface area contributed by atoms with E-state index in [0.717, 1.165) is 35.1 Å². The summed E-state index contributed by atoms with van der Waals surface area (Å²) in [5.74, 6) is 0. The smallest absolute Gasteiger partial charge is 0.243 e. The van der Waals surface area contributed by atoms with E-state index >= 15 is 0 Å². The largest absolute Gasteiger partial charge is 0.355 e. The number of hydrogen-bond acceptors (Lipinski definition) is 5. The van der Waals surface area contributed by atoms with E-state index in [1.54, 1.807) is 34.8 Å². The normalized spacial score (nSPS) is 16.3. The highest BCUT2D eigenvalue weighted by Gasteiger charge is 2.29. The lowest BCUT2D eigenvalue weighted by Gasteiger charge is -2.34. The molecule has 30 heavy (non-hydrogen) atoms. The second-order valence-electron chi connectivity index (χ2n) is 7.77. The Morgan fingerprint density at radius 1 is 1.07 bits per heavy atom. The van der Waals surface area contributed by atoms with Crippen molar-refractivity contribution >= 4 is 43.9 Å². The van der Waals surface area contributed by atoms with Gasteiger partial charge in [0.2, 0.25) is 10.0 Å². The monoisotopic (exact) mass is 444 g/mol. The molecule has 1 saturated heterocycles. The molecule has 6 nitrogen and oxygen atoms in total. The summed E-state index contributed by atoms with van der Waals surface area (Å²) in [6, 6.07) is 14.8. The number of hydrogen-bond donors (Lipinski definition) is 1. The summed E-state index contributed by atoms with van der Waals surface area (Å²) in [5.41, 5.74) is 2.49. The molecule has 0 saturated carbocycles. The second kappa shape index (κ2) is 8.51. The van der Waals surface area contributed by atoms with Gasteiger partial charge in [-0.3, -0.25) is 4.98 Å². The zero-order valence-corrected chi connectivity index (χ0v) is 18.6. The van der Waals surface area contributed by atoms with Gasteiger partial charge in [-0.1, -0.05) is 11.6 Å². The molecule has 0 spiro atoms. The average Bonchev–Trinajstić information content (AvgIpc) is 2.74. The molecule has 4 rings (SSSR count). The molecular formula is C22H25ClN4O2S. The Bertz CT molecular complexity index is 1140. The maximum atomic E-state index is 13.0. The number of anilines is 2. The first-order valence-corrected chi connectivity index (χ1v) is 11.7. The predicted octanol–water partition coefficient (Wildman–Crippen LogP) is 4.35. The number of nitrogens with one attached hydrogen (secondary N) is 1. The van der Waals surface area contributed by atoms with Gasteiger partial charge in [-0.15, -0.1) is 0 Å². The van der Waals surface area contributed by atoms with E-state index in [0.29, 0.717) is 29.0 Å². The highest BCUT2D eigenvalue weighted by Crippen LogP contribution is 2.28. The highest BCUT2D eigenvalue weighted by atomic mass is 35.5. The molecule has 1 aliphatic rings. The number of sulfonamides is 1. The summed E-state index contributed by atoms with van der Waals surface area (Å²) < 4.78 is 27.6. The van der Waals surface area contributed by atoms with Gasteiger partial charge in [0.05, 0.1) is 10.4 Å².